The molecule has 0 spiro atoms. The minimum absolute atomic E-state index is 0.786. The third-order valence-corrected chi connectivity index (χ3v) is 2.56. The molecule has 0 atom stereocenters. The standard InChI is InChI=1S/C10H10N2S/c1-7-2-3-8(11)4-9(7)10-5-13-6-12-10/h2-6H,11H2,1H3. The van der Waals surface area contributed by atoms with Crippen LogP contribution in [0.3, 0.4) is 0 Å². The molecule has 13 heavy (non-hydrogen) atoms. The largest absolute Gasteiger partial charge is 0.399 e. The molecule has 0 bridgehead atoms. The van der Waals surface area contributed by atoms with E-state index in [0.29, 0.717) is 0 Å². The van der Waals surface area contributed by atoms with Gasteiger partial charge in [0.25, 0.3) is 0 Å². The van der Waals surface area contributed by atoms with Crippen LogP contribution in [0.4, 0.5) is 5.69 Å². The first-order valence-corrected chi connectivity index (χ1v) is 4.96. The highest BCUT2D eigenvalue weighted by atomic mass is 32.1. The van der Waals surface area contributed by atoms with Gasteiger partial charge in [-0.25, -0.2) is 4.98 Å². The summed E-state index contributed by atoms with van der Waals surface area (Å²) in [5, 5.41) is 2.03. The van der Waals surface area contributed by atoms with Crippen molar-refractivity contribution in [1.82, 2.24) is 4.98 Å². The van der Waals surface area contributed by atoms with Crippen molar-refractivity contribution in [3.05, 3.63) is 34.7 Å². The number of nitrogen functional groups attached to an aromatic ring is 1. The van der Waals surface area contributed by atoms with Crippen molar-refractivity contribution < 1.29 is 0 Å². The van der Waals surface area contributed by atoms with Crippen molar-refractivity contribution in [2.75, 3.05) is 5.73 Å². The van der Waals surface area contributed by atoms with Gasteiger partial charge in [-0.3, -0.25) is 0 Å². The Kier molecular flexibility index (Phi) is 2.02. The lowest BCUT2D eigenvalue weighted by Crippen LogP contribution is -1.88. The van der Waals surface area contributed by atoms with Crippen LogP contribution in [0, 0.1) is 6.92 Å². The van der Waals surface area contributed by atoms with Crippen LogP contribution in [0.2, 0.25) is 0 Å². The smallest absolute Gasteiger partial charge is 0.0814 e. The first-order valence-electron chi connectivity index (χ1n) is 4.02. The van der Waals surface area contributed by atoms with E-state index in [0.717, 1.165) is 16.9 Å². The molecule has 0 saturated heterocycles. The van der Waals surface area contributed by atoms with Crippen LogP contribution in [-0.4, -0.2) is 4.98 Å². The number of nitrogens with zero attached hydrogens (tertiary/aromatic N) is 1. The fourth-order valence-electron chi connectivity index (χ4n) is 1.26. The van der Waals surface area contributed by atoms with E-state index in [9.17, 15) is 0 Å². The van der Waals surface area contributed by atoms with E-state index in [4.69, 9.17) is 5.73 Å². The first kappa shape index (κ1) is 8.26. The highest BCUT2D eigenvalue weighted by Crippen LogP contribution is 2.24. The molecule has 1 heterocycles. The lowest BCUT2D eigenvalue weighted by atomic mass is 10.1. The lowest BCUT2D eigenvalue weighted by molar-refractivity contribution is 1.37. The second-order valence-corrected chi connectivity index (χ2v) is 3.67. The predicted molar refractivity (Wildman–Crippen MR) is 56.7 cm³/mol. The van der Waals surface area contributed by atoms with Crippen molar-refractivity contribution in [3.8, 4) is 11.3 Å². The zero-order valence-electron chi connectivity index (χ0n) is 7.32. The normalized spacial score (nSPS) is 10.2. The summed E-state index contributed by atoms with van der Waals surface area (Å²) < 4.78 is 0. The van der Waals surface area contributed by atoms with E-state index in [-0.39, 0.29) is 0 Å². The van der Waals surface area contributed by atoms with Gasteiger partial charge in [0.2, 0.25) is 0 Å². The molecule has 2 aromatic rings. The molecular weight excluding hydrogens is 180 g/mol. The van der Waals surface area contributed by atoms with Gasteiger partial charge in [-0.1, -0.05) is 6.07 Å². The van der Waals surface area contributed by atoms with Gasteiger partial charge in [0, 0.05) is 16.6 Å². The Balaban J connectivity index is 2.57. The molecule has 1 aromatic heterocycles. The molecule has 0 radical (unpaired) electrons. The van der Waals surface area contributed by atoms with Crippen LogP contribution >= 0.6 is 11.3 Å². The summed E-state index contributed by atoms with van der Waals surface area (Å²) in [6.07, 6.45) is 0. The van der Waals surface area contributed by atoms with Crippen molar-refractivity contribution >= 4 is 17.0 Å². The summed E-state index contributed by atoms with van der Waals surface area (Å²) in [7, 11) is 0. The van der Waals surface area contributed by atoms with Crippen LogP contribution in [0.1, 0.15) is 5.56 Å². The number of benzene rings is 1. The quantitative estimate of drug-likeness (QED) is 0.702. The van der Waals surface area contributed by atoms with E-state index >= 15 is 0 Å². The maximum absolute atomic E-state index is 5.71. The second kappa shape index (κ2) is 3.18. The van der Waals surface area contributed by atoms with E-state index in [1.165, 1.54) is 5.56 Å². The Hall–Kier alpha value is -1.35. The number of rotatable bonds is 1. The summed E-state index contributed by atoms with van der Waals surface area (Å²) in [4.78, 5) is 4.25. The van der Waals surface area contributed by atoms with Crippen LogP contribution in [0.15, 0.2) is 29.1 Å². The summed E-state index contributed by atoms with van der Waals surface area (Å²) in [5.41, 5.74) is 11.7. The third kappa shape index (κ3) is 1.55. The highest BCUT2D eigenvalue weighted by molar-refractivity contribution is 7.07. The van der Waals surface area contributed by atoms with Crippen molar-refractivity contribution in [2.24, 2.45) is 0 Å². The molecule has 0 amide bonds. The molecular formula is C10H10N2S. The molecule has 0 aliphatic rings. The zero-order valence-corrected chi connectivity index (χ0v) is 8.14. The van der Waals surface area contributed by atoms with Gasteiger partial charge in [0.15, 0.2) is 0 Å². The molecule has 2 N–H and O–H groups in total. The van der Waals surface area contributed by atoms with Crippen molar-refractivity contribution in [1.29, 1.82) is 0 Å². The first-order chi connectivity index (χ1) is 6.27. The topological polar surface area (TPSA) is 38.9 Å². The molecule has 0 saturated carbocycles. The van der Waals surface area contributed by atoms with E-state index in [2.05, 4.69) is 11.9 Å². The van der Waals surface area contributed by atoms with Gasteiger partial charge in [0.1, 0.15) is 0 Å². The van der Waals surface area contributed by atoms with Gasteiger partial charge in [-0.15, -0.1) is 11.3 Å². The van der Waals surface area contributed by atoms with Gasteiger partial charge in [-0.2, -0.15) is 0 Å². The van der Waals surface area contributed by atoms with Crippen molar-refractivity contribution in [3.63, 3.8) is 0 Å². The minimum atomic E-state index is 0.786. The van der Waals surface area contributed by atoms with Gasteiger partial charge in [0.05, 0.1) is 11.2 Å². The molecule has 66 valence electrons. The SMILES string of the molecule is Cc1ccc(N)cc1-c1cscn1. The van der Waals surface area contributed by atoms with E-state index < -0.39 is 0 Å². The molecule has 0 unspecified atom stereocenters. The monoisotopic (exact) mass is 190 g/mol. The molecule has 0 aliphatic heterocycles. The third-order valence-electron chi connectivity index (χ3n) is 1.97. The maximum atomic E-state index is 5.71. The Morgan fingerprint density at radius 1 is 1.38 bits per heavy atom. The summed E-state index contributed by atoms with van der Waals surface area (Å²) in [5.74, 6) is 0. The molecule has 0 aliphatic carbocycles. The summed E-state index contributed by atoms with van der Waals surface area (Å²) >= 11 is 1.60. The number of nitrogens with two attached hydrogens (primary N) is 1. The Morgan fingerprint density at radius 3 is 2.92 bits per heavy atom. The van der Waals surface area contributed by atoms with E-state index in [1.807, 2.05) is 29.1 Å². The fourth-order valence-corrected chi connectivity index (χ4v) is 1.81. The zero-order chi connectivity index (χ0) is 9.26. The van der Waals surface area contributed by atoms with Crippen LogP contribution in [0.5, 0.6) is 0 Å². The average Bonchev–Trinajstić information content (AvgIpc) is 2.61. The molecule has 3 heteroatoms. The number of thiazole rings is 1. The summed E-state index contributed by atoms with van der Waals surface area (Å²) in [6.45, 7) is 2.06. The summed E-state index contributed by atoms with van der Waals surface area (Å²) in [6, 6.07) is 5.89. The number of anilines is 1. The molecule has 0 fully saturated rings. The number of aryl methyl sites for hydroxylation is 1. The Labute approximate surface area is 81.1 Å². The fraction of sp³-hybridized carbons (Fsp3) is 0.100. The van der Waals surface area contributed by atoms with Crippen molar-refractivity contribution in [2.45, 2.75) is 6.92 Å². The molecule has 1 aromatic carbocycles. The van der Waals surface area contributed by atoms with E-state index in [1.54, 1.807) is 11.3 Å². The number of aromatic nitrogens is 1. The highest BCUT2D eigenvalue weighted by Gasteiger charge is 2.03. The van der Waals surface area contributed by atoms with Gasteiger partial charge < -0.3 is 5.73 Å². The van der Waals surface area contributed by atoms with Crippen LogP contribution in [0.25, 0.3) is 11.3 Å². The molecule has 2 rings (SSSR count). The molecule has 2 nitrogen and oxygen atoms in total. The Morgan fingerprint density at radius 2 is 2.23 bits per heavy atom. The average molecular weight is 190 g/mol. The van der Waals surface area contributed by atoms with Crippen LogP contribution < -0.4 is 5.73 Å². The Bertz CT molecular complexity index is 407. The number of hydrogen-bond donors (Lipinski definition) is 1. The van der Waals surface area contributed by atoms with Crippen LogP contribution in [-0.2, 0) is 0 Å². The van der Waals surface area contributed by atoms with Gasteiger partial charge >= 0.3 is 0 Å². The number of hydrogen-bond acceptors (Lipinski definition) is 3. The lowest BCUT2D eigenvalue weighted by Gasteiger charge is -2.03. The van der Waals surface area contributed by atoms with Gasteiger partial charge in [-0.05, 0) is 24.6 Å². The predicted octanol–water partition coefficient (Wildman–Crippen LogP) is 2.70. The minimum Gasteiger partial charge on any atom is -0.399 e. The second-order valence-electron chi connectivity index (χ2n) is 2.95. The maximum Gasteiger partial charge on any atom is 0.0814 e.